The highest BCUT2D eigenvalue weighted by atomic mass is 32.1. The van der Waals surface area contributed by atoms with Crippen LogP contribution in [0, 0.1) is 0 Å². The molecule has 94 valence electrons. The highest BCUT2D eigenvalue weighted by Gasteiger charge is 1.98. The van der Waals surface area contributed by atoms with Crippen LogP contribution in [0.1, 0.15) is 12.2 Å². The molecule has 5 heteroatoms. The van der Waals surface area contributed by atoms with Crippen LogP contribution in [0.4, 0.5) is 5.69 Å². The van der Waals surface area contributed by atoms with Crippen molar-refractivity contribution in [2.24, 2.45) is 0 Å². The van der Waals surface area contributed by atoms with Gasteiger partial charge in [0.1, 0.15) is 5.76 Å². The molecule has 0 radical (unpaired) electrons. The lowest BCUT2D eigenvalue weighted by molar-refractivity contribution is 0.501. The summed E-state index contributed by atoms with van der Waals surface area (Å²) in [6, 6.07) is 7.66. The van der Waals surface area contributed by atoms with E-state index >= 15 is 0 Å². The fourth-order valence-corrected chi connectivity index (χ4v) is 1.75. The van der Waals surface area contributed by atoms with Crippen LogP contribution in [0.15, 0.2) is 47.3 Å². The summed E-state index contributed by atoms with van der Waals surface area (Å²) < 4.78 is 5.25. The first-order chi connectivity index (χ1) is 8.84. The maximum Gasteiger partial charge on any atom is 0.170 e. The zero-order valence-corrected chi connectivity index (χ0v) is 10.7. The van der Waals surface area contributed by atoms with Crippen molar-refractivity contribution >= 4 is 23.0 Å². The first-order valence-electron chi connectivity index (χ1n) is 5.82. The number of nitrogens with zero attached hydrogens (tertiary/aromatic N) is 1. The third kappa shape index (κ3) is 4.18. The summed E-state index contributed by atoms with van der Waals surface area (Å²) in [6.07, 6.45) is 7.04. The van der Waals surface area contributed by atoms with Crippen molar-refractivity contribution in [2.75, 3.05) is 11.9 Å². The number of hydrogen-bond acceptors (Lipinski definition) is 3. The molecule has 2 aromatic heterocycles. The van der Waals surface area contributed by atoms with Gasteiger partial charge in [-0.05, 0) is 42.9 Å². The molecule has 0 spiro atoms. The van der Waals surface area contributed by atoms with E-state index in [1.165, 1.54) is 0 Å². The van der Waals surface area contributed by atoms with Gasteiger partial charge in [0.25, 0.3) is 0 Å². The molecule has 0 unspecified atom stereocenters. The second kappa shape index (κ2) is 6.76. The van der Waals surface area contributed by atoms with Gasteiger partial charge in [-0.15, -0.1) is 0 Å². The maximum atomic E-state index is 5.25. The monoisotopic (exact) mass is 261 g/mol. The molecular weight excluding hydrogens is 246 g/mol. The number of aryl methyl sites for hydroxylation is 1. The van der Waals surface area contributed by atoms with Gasteiger partial charge in [-0.1, -0.05) is 0 Å². The van der Waals surface area contributed by atoms with E-state index in [-0.39, 0.29) is 0 Å². The van der Waals surface area contributed by atoms with Crippen LogP contribution in [-0.4, -0.2) is 16.6 Å². The van der Waals surface area contributed by atoms with E-state index < -0.39 is 0 Å². The van der Waals surface area contributed by atoms with Crippen LogP contribution in [0.2, 0.25) is 0 Å². The van der Waals surface area contributed by atoms with Crippen LogP contribution in [0.25, 0.3) is 0 Å². The summed E-state index contributed by atoms with van der Waals surface area (Å²) in [6.45, 7) is 0.812. The Morgan fingerprint density at radius 3 is 3.00 bits per heavy atom. The van der Waals surface area contributed by atoms with Crippen LogP contribution in [0.5, 0.6) is 0 Å². The minimum absolute atomic E-state index is 0.613. The zero-order valence-electron chi connectivity index (χ0n) is 9.93. The number of furan rings is 1. The van der Waals surface area contributed by atoms with E-state index in [0.717, 1.165) is 30.8 Å². The van der Waals surface area contributed by atoms with Crippen LogP contribution in [0.3, 0.4) is 0 Å². The van der Waals surface area contributed by atoms with E-state index in [4.69, 9.17) is 16.6 Å². The number of thiocarbonyl (C=S) groups is 1. The molecule has 4 nitrogen and oxygen atoms in total. The maximum absolute atomic E-state index is 5.25. The molecule has 2 N–H and O–H groups in total. The van der Waals surface area contributed by atoms with Gasteiger partial charge < -0.3 is 15.1 Å². The smallest absolute Gasteiger partial charge is 0.170 e. The molecule has 2 aromatic rings. The molecular formula is C13H15N3OS. The average Bonchev–Trinajstić information content (AvgIpc) is 2.89. The summed E-state index contributed by atoms with van der Waals surface area (Å²) in [5, 5.41) is 6.83. The van der Waals surface area contributed by atoms with Gasteiger partial charge in [-0.3, -0.25) is 4.98 Å². The summed E-state index contributed by atoms with van der Waals surface area (Å²) >= 11 is 5.18. The molecule has 0 aromatic carbocycles. The van der Waals surface area contributed by atoms with Gasteiger partial charge in [-0.25, -0.2) is 0 Å². The summed E-state index contributed by atoms with van der Waals surface area (Å²) in [5.41, 5.74) is 0.890. The van der Waals surface area contributed by atoms with E-state index in [1.54, 1.807) is 18.7 Å². The largest absolute Gasteiger partial charge is 0.469 e. The SMILES string of the molecule is S=C(NCCCc1ccco1)Nc1cccnc1. The molecule has 0 aliphatic carbocycles. The molecule has 0 saturated carbocycles. The molecule has 0 amide bonds. The normalized spacial score (nSPS) is 10.0. The molecule has 0 saturated heterocycles. The molecule has 0 fully saturated rings. The standard InChI is InChI=1S/C13H15N3OS/c18-13(16-11-4-1-7-14-10-11)15-8-2-5-12-6-3-9-17-12/h1,3-4,6-7,9-10H,2,5,8H2,(H2,15,16,18). The Kier molecular flexibility index (Phi) is 4.72. The molecule has 0 atom stereocenters. The van der Waals surface area contributed by atoms with Gasteiger partial charge in [0.15, 0.2) is 5.11 Å². The van der Waals surface area contributed by atoms with Gasteiger partial charge in [-0.2, -0.15) is 0 Å². The Hall–Kier alpha value is -1.88. The van der Waals surface area contributed by atoms with Crippen molar-refractivity contribution < 1.29 is 4.42 Å². The fourth-order valence-electron chi connectivity index (χ4n) is 1.53. The Bertz CT molecular complexity index is 470. The van der Waals surface area contributed by atoms with Gasteiger partial charge in [0.05, 0.1) is 18.1 Å². The summed E-state index contributed by atoms with van der Waals surface area (Å²) in [4.78, 5) is 4.01. The number of anilines is 1. The first-order valence-corrected chi connectivity index (χ1v) is 6.23. The zero-order chi connectivity index (χ0) is 12.6. The molecule has 18 heavy (non-hydrogen) atoms. The average molecular weight is 261 g/mol. The minimum atomic E-state index is 0.613. The minimum Gasteiger partial charge on any atom is -0.469 e. The van der Waals surface area contributed by atoms with Gasteiger partial charge >= 0.3 is 0 Å². The predicted molar refractivity (Wildman–Crippen MR) is 75.5 cm³/mol. The third-order valence-corrected chi connectivity index (χ3v) is 2.63. The Morgan fingerprint density at radius 1 is 1.33 bits per heavy atom. The van der Waals surface area contributed by atoms with Crippen molar-refractivity contribution in [3.8, 4) is 0 Å². The first kappa shape index (κ1) is 12.6. The van der Waals surface area contributed by atoms with Crippen molar-refractivity contribution in [1.29, 1.82) is 0 Å². The van der Waals surface area contributed by atoms with Gasteiger partial charge in [0, 0.05) is 19.2 Å². The number of rotatable bonds is 5. The molecule has 2 heterocycles. The summed E-state index contributed by atoms with van der Waals surface area (Å²) in [5.74, 6) is 1.00. The number of nitrogens with one attached hydrogen (secondary N) is 2. The fraction of sp³-hybridized carbons (Fsp3) is 0.231. The van der Waals surface area contributed by atoms with Crippen molar-refractivity contribution in [2.45, 2.75) is 12.8 Å². The molecule has 0 bridgehead atoms. The second-order valence-electron chi connectivity index (χ2n) is 3.81. The lowest BCUT2D eigenvalue weighted by atomic mass is 10.2. The topological polar surface area (TPSA) is 50.1 Å². The van der Waals surface area contributed by atoms with Crippen LogP contribution < -0.4 is 10.6 Å². The highest BCUT2D eigenvalue weighted by Crippen LogP contribution is 2.03. The second-order valence-corrected chi connectivity index (χ2v) is 4.21. The van der Waals surface area contributed by atoms with Crippen LogP contribution in [-0.2, 0) is 6.42 Å². The molecule has 0 aliphatic heterocycles. The number of aromatic nitrogens is 1. The predicted octanol–water partition coefficient (Wildman–Crippen LogP) is 2.59. The van der Waals surface area contributed by atoms with Gasteiger partial charge in [0.2, 0.25) is 0 Å². The van der Waals surface area contributed by atoms with Crippen molar-refractivity contribution in [3.63, 3.8) is 0 Å². The lowest BCUT2D eigenvalue weighted by Gasteiger charge is -2.09. The quantitative estimate of drug-likeness (QED) is 0.640. The highest BCUT2D eigenvalue weighted by molar-refractivity contribution is 7.80. The summed E-state index contributed by atoms with van der Waals surface area (Å²) in [7, 11) is 0. The number of hydrogen-bond donors (Lipinski definition) is 2. The van der Waals surface area contributed by atoms with Crippen LogP contribution >= 0.6 is 12.2 Å². The van der Waals surface area contributed by atoms with E-state index in [9.17, 15) is 0 Å². The number of pyridine rings is 1. The van der Waals surface area contributed by atoms with Crippen molar-refractivity contribution in [3.05, 3.63) is 48.7 Å². The third-order valence-electron chi connectivity index (χ3n) is 2.39. The van der Waals surface area contributed by atoms with E-state index in [0.29, 0.717) is 5.11 Å². The van der Waals surface area contributed by atoms with Crippen molar-refractivity contribution in [1.82, 2.24) is 10.3 Å². The Morgan fingerprint density at radius 2 is 2.28 bits per heavy atom. The molecule has 2 rings (SSSR count). The lowest BCUT2D eigenvalue weighted by Crippen LogP contribution is -2.29. The molecule has 0 aliphatic rings. The van der Waals surface area contributed by atoms with E-state index in [2.05, 4.69) is 15.6 Å². The van der Waals surface area contributed by atoms with E-state index in [1.807, 2.05) is 24.3 Å². The Labute approximate surface area is 111 Å². The Balaban J connectivity index is 1.63.